The van der Waals surface area contributed by atoms with Crippen LogP contribution in [0, 0.1) is 0 Å². The molecule has 0 aliphatic carbocycles. The van der Waals surface area contributed by atoms with E-state index >= 15 is 0 Å². The molecule has 0 atom stereocenters. The molecule has 0 amide bonds. The Kier molecular flexibility index (Phi) is 5.62. The molecule has 0 bridgehead atoms. The van der Waals surface area contributed by atoms with Crippen LogP contribution in [0.15, 0.2) is 0 Å². The Labute approximate surface area is 114 Å². The van der Waals surface area contributed by atoms with Crippen LogP contribution in [0.2, 0.25) is 18.1 Å². The van der Waals surface area contributed by atoms with E-state index in [0.717, 1.165) is 37.4 Å². The summed E-state index contributed by atoms with van der Waals surface area (Å²) in [5, 5.41) is 0. The van der Waals surface area contributed by atoms with Crippen molar-refractivity contribution in [2.75, 3.05) is 14.2 Å². The van der Waals surface area contributed by atoms with Gasteiger partial charge in [0.15, 0.2) is 0 Å². The summed E-state index contributed by atoms with van der Waals surface area (Å²) in [4.78, 5) is 0. The molecule has 1 aliphatic rings. The van der Waals surface area contributed by atoms with E-state index in [1.807, 2.05) is 14.2 Å². The van der Waals surface area contributed by atoms with Gasteiger partial charge in [0, 0.05) is 14.2 Å². The Bertz CT molecular complexity index is 259. The third-order valence-corrected chi connectivity index (χ3v) is 20.4. The van der Waals surface area contributed by atoms with Crippen LogP contribution in [-0.4, -0.2) is 35.7 Å². The SMILES string of the molecule is CCC1(CC)CC[Si](OC)(OC)[Si](CC)(CC)O1. The summed E-state index contributed by atoms with van der Waals surface area (Å²) in [6.45, 7) is 9.03. The molecule has 0 aromatic carbocycles. The summed E-state index contributed by atoms with van der Waals surface area (Å²) >= 11 is 0. The van der Waals surface area contributed by atoms with Gasteiger partial charge in [-0.2, -0.15) is 0 Å². The fourth-order valence-corrected chi connectivity index (χ4v) is 17.6. The maximum Gasteiger partial charge on any atom is 0.349 e. The molecule has 0 saturated carbocycles. The molecule has 3 nitrogen and oxygen atoms in total. The molecule has 0 aromatic rings. The van der Waals surface area contributed by atoms with E-state index in [0.29, 0.717) is 0 Å². The van der Waals surface area contributed by atoms with Crippen LogP contribution in [0.1, 0.15) is 47.0 Å². The fourth-order valence-electron chi connectivity index (χ4n) is 3.50. The standard InChI is InChI=1S/C13H30O3Si2/c1-7-13(8-2)11-12-18(14-5,15-6)17(9-3,10-4)16-13/h7-12H2,1-6H3. The smallest absolute Gasteiger partial charge is 0.349 e. The predicted octanol–water partition coefficient (Wildman–Crippen LogP) is 3.76. The highest BCUT2D eigenvalue weighted by molar-refractivity contribution is 7.35. The van der Waals surface area contributed by atoms with Gasteiger partial charge in [-0.15, -0.1) is 0 Å². The highest BCUT2D eigenvalue weighted by atomic mass is 29.3. The minimum Gasteiger partial charge on any atom is -0.408 e. The summed E-state index contributed by atoms with van der Waals surface area (Å²) in [5.41, 5.74) is 0.0891. The number of hydrogen-bond acceptors (Lipinski definition) is 3. The zero-order valence-electron chi connectivity index (χ0n) is 13.0. The Balaban J connectivity index is 3.14. The van der Waals surface area contributed by atoms with Crippen LogP contribution in [-0.2, 0) is 13.3 Å². The summed E-state index contributed by atoms with van der Waals surface area (Å²) in [6, 6.07) is 3.33. The lowest BCUT2D eigenvalue weighted by atomic mass is 9.94. The van der Waals surface area contributed by atoms with E-state index < -0.39 is 15.9 Å². The first-order valence-electron chi connectivity index (χ1n) is 7.33. The second kappa shape index (κ2) is 6.18. The Hall–Kier alpha value is 0.314. The molecule has 18 heavy (non-hydrogen) atoms. The molecule has 1 heterocycles. The number of hydrogen-bond donors (Lipinski definition) is 0. The molecule has 0 unspecified atom stereocenters. The molecule has 108 valence electrons. The Morgan fingerprint density at radius 1 is 1.00 bits per heavy atom. The lowest BCUT2D eigenvalue weighted by molar-refractivity contribution is 0.0296. The molecule has 0 spiro atoms. The summed E-state index contributed by atoms with van der Waals surface area (Å²) in [7, 11) is -0.347. The average molecular weight is 291 g/mol. The second-order valence-electron chi connectivity index (χ2n) is 5.35. The van der Waals surface area contributed by atoms with Crippen molar-refractivity contribution >= 4 is 15.9 Å². The molecule has 1 fully saturated rings. The van der Waals surface area contributed by atoms with Gasteiger partial charge in [0.25, 0.3) is 0 Å². The van der Waals surface area contributed by atoms with Crippen molar-refractivity contribution in [2.45, 2.75) is 70.7 Å². The first kappa shape index (κ1) is 16.4. The van der Waals surface area contributed by atoms with E-state index in [4.69, 9.17) is 13.3 Å². The van der Waals surface area contributed by atoms with Crippen LogP contribution in [0.5, 0.6) is 0 Å². The predicted molar refractivity (Wildman–Crippen MR) is 80.3 cm³/mol. The van der Waals surface area contributed by atoms with E-state index in [2.05, 4.69) is 27.7 Å². The number of rotatable bonds is 6. The molecule has 5 heteroatoms. The van der Waals surface area contributed by atoms with Crippen LogP contribution >= 0.6 is 0 Å². The van der Waals surface area contributed by atoms with Crippen LogP contribution < -0.4 is 0 Å². The monoisotopic (exact) mass is 290 g/mol. The molecule has 1 rings (SSSR count). The summed E-state index contributed by atoms with van der Waals surface area (Å²) in [6.07, 6.45) is 3.31. The van der Waals surface area contributed by atoms with Crippen molar-refractivity contribution < 1.29 is 13.3 Å². The zero-order valence-corrected chi connectivity index (χ0v) is 15.0. The van der Waals surface area contributed by atoms with Gasteiger partial charge >= 0.3 is 8.08 Å². The molecular weight excluding hydrogens is 260 g/mol. The topological polar surface area (TPSA) is 27.7 Å². The molecule has 1 aliphatic heterocycles. The van der Waals surface area contributed by atoms with Crippen molar-refractivity contribution in [1.82, 2.24) is 0 Å². The van der Waals surface area contributed by atoms with Gasteiger partial charge < -0.3 is 13.3 Å². The van der Waals surface area contributed by atoms with Crippen molar-refractivity contribution in [2.24, 2.45) is 0 Å². The second-order valence-corrected chi connectivity index (χ2v) is 16.8. The van der Waals surface area contributed by atoms with Crippen molar-refractivity contribution in [3.05, 3.63) is 0 Å². The van der Waals surface area contributed by atoms with Crippen LogP contribution in [0.4, 0.5) is 0 Å². The molecule has 0 N–H and O–H groups in total. The first-order valence-corrected chi connectivity index (χ1v) is 12.7. The van der Waals surface area contributed by atoms with Crippen LogP contribution in [0.25, 0.3) is 0 Å². The van der Waals surface area contributed by atoms with Gasteiger partial charge in [0.2, 0.25) is 7.83 Å². The summed E-state index contributed by atoms with van der Waals surface area (Å²) < 4.78 is 18.7. The minimum absolute atomic E-state index is 0.0891. The maximum atomic E-state index is 6.81. The highest BCUT2D eigenvalue weighted by Crippen LogP contribution is 2.46. The fraction of sp³-hybridized carbons (Fsp3) is 1.00. The van der Waals surface area contributed by atoms with Crippen molar-refractivity contribution in [3.8, 4) is 0 Å². The van der Waals surface area contributed by atoms with Gasteiger partial charge in [0.1, 0.15) is 0 Å². The van der Waals surface area contributed by atoms with Crippen molar-refractivity contribution in [1.29, 1.82) is 0 Å². The van der Waals surface area contributed by atoms with Gasteiger partial charge in [-0.3, -0.25) is 0 Å². The van der Waals surface area contributed by atoms with Gasteiger partial charge in [-0.25, -0.2) is 0 Å². The Morgan fingerprint density at radius 2 is 1.50 bits per heavy atom. The molecule has 1 saturated heterocycles. The van der Waals surface area contributed by atoms with E-state index in [-0.39, 0.29) is 5.60 Å². The highest BCUT2D eigenvalue weighted by Gasteiger charge is 2.64. The third kappa shape index (κ3) is 2.35. The van der Waals surface area contributed by atoms with Gasteiger partial charge in [-0.05, 0) is 37.4 Å². The minimum atomic E-state index is -2.11. The van der Waals surface area contributed by atoms with E-state index in [1.54, 1.807) is 0 Å². The van der Waals surface area contributed by atoms with E-state index in [1.165, 1.54) is 0 Å². The lowest BCUT2D eigenvalue weighted by Crippen LogP contribution is -2.72. The lowest BCUT2D eigenvalue weighted by Gasteiger charge is -2.53. The summed E-state index contributed by atoms with van der Waals surface area (Å²) in [5.74, 6) is 0. The van der Waals surface area contributed by atoms with Crippen molar-refractivity contribution in [3.63, 3.8) is 0 Å². The van der Waals surface area contributed by atoms with Gasteiger partial charge in [-0.1, -0.05) is 27.7 Å². The molecule has 0 aromatic heterocycles. The Morgan fingerprint density at radius 3 is 1.83 bits per heavy atom. The normalized spacial score (nSPS) is 25.0. The zero-order chi connectivity index (χ0) is 13.9. The molecular formula is C13H30O3Si2. The quantitative estimate of drug-likeness (QED) is 0.697. The molecule has 0 radical (unpaired) electrons. The van der Waals surface area contributed by atoms with Gasteiger partial charge in [0.05, 0.1) is 5.60 Å². The average Bonchev–Trinajstić information content (AvgIpc) is 2.46. The van der Waals surface area contributed by atoms with E-state index in [9.17, 15) is 0 Å². The maximum absolute atomic E-state index is 6.81. The van der Waals surface area contributed by atoms with Crippen LogP contribution in [0.3, 0.4) is 0 Å². The third-order valence-electron chi connectivity index (χ3n) is 5.11. The largest absolute Gasteiger partial charge is 0.408 e. The first-order chi connectivity index (χ1) is 8.53.